The van der Waals surface area contributed by atoms with Crippen molar-refractivity contribution in [1.29, 1.82) is 0 Å². The lowest BCUT2D eigenvalue weighted by molar-refractivity contribution is -0.119. The summed E-state index contributed by atoms with van der Waals surface area (Å²) in [7, 11) is 0. The molecule has 2 aromatic rings. The van der Waals surface area contributed by atoms with Crippen LogP contribution >= 0.6 is 0 Å². The van der Waals surface area contributed by atoms with Crippen LogP contribution in [0.5, 0.6) is 0 Å². The number of hydrogen-bond acceptors (Lipinski definition) is 4. The molecule has 0 aliphatic carbocycles. The third-order valence-corrected chi connectivity index (χ3v) is 4.82. The number of likely N-dealkylation sites (tertiary alicyclic amines) is 1. The van der Waals surface area contributed by atoms with Crippen LogP contribution in [0.2, 0.25) is 0 Å². The number of aliphatic hydroxyl groups is 1. The minimum atomic E-state index is -0.233. The van der Waals surface area contributed by atoms with Gasteiger partial charge in [-0.1, -0.05) is 23.8 Å². The van der Waals surface area contributed by atoms with Crippen LogP contribution in [-0.2, 0) is 4.79 Å². The normalized spacial score (nSPS) is 19.6. The minimum Gasteiger partial charge on any atom is -0.396 e. The summed E-state index contributed by atoms with van der Waals surface area (Å²) in [5.74, 6) is -0.508. The summed E-state index contributed by atoms with van der Waals surface area (Å²) in [6.45, 7) is 6.19. The van der Waals surface area contributed by atoms with Gasteiger partial charge in [0.1, 0.15) is 5.69 Å². The summed E-state index contributed by atoms with van der Waals surface area (Å²) < 4.78 is 0. The van der Waals surface area contributed by atoms with Crippen LogP contribution in [0.4, 0.5) is 0 Å². The fraction of sp³-hybridized carbons (Fsp3) is 0.421. The van der Waals surface area contributed by atoms with Crippen molar-refractivity contribution in [3.63, 3.8) is 0 Å². The van der Waals surface area contributed by atoms with E-state index in [0.717, 1.165) is 16.8 Å². The first-order chi connectivity index (χ1) is 12.4. The Hall–Kier alpha value is -2.67. The van der Waals surface area contributed by atoms with E-state index in [2.05, 4.69) is 21.6 Å². The third-order valence-electron chi connectivity index (χ3n) is 4.82. The predicted molar refractivity (Wildman–Crippen MR) is 97.6 cm³/mol. The molecular formula is C19H24N4O3. The summed E-state index contributed by atoms with van der Waals surface area (Å²) in [6, 6.07) is 7.61. The number of hydrogen-bond donors (Lipinski definition) is 3. The van der Waals surface area contributed by atoms with Crippen molar-refractivity contribution in [2.45, 2.75) is 26.8 Å². The maximum absolute atomic E-state index is 12.8. The molecular weight excluding hydrogens is 332 g/mol. The molecule has 1 aromatic carbocycles. The van der Waals surface area contributed by atoms with Crippen molar-refractivity contribution in [2.75, 3.05) is 19.7 Å². The number of nitrogens with zero attached hydrogens (tertiary/aromatic N) is 2. The van der Waals surface area contributed by atoms with Crippen LogP contribution in [0.1, 0.15) is 28.5 Å². The van der Waals surface area contributed by atoms with Crippen molar-refractivity contribution in [3.05, 3.63) is 41.1 Å². The van der Waals surface area contributed by atoms with E-state index >= 15 is 0 Å². The van der Waals surface area contributed by atoms with Crippen LogP contribution in [0, 0.1) is 19.8 Å². The highest BCUT2D eigenvalue weighted by Gasteiger charge is 2.36. The number of aryl methyl sites for hydroxylation is 2. The molecule has 2 amide bonds. The van der Waals surface area contributed by atoms with Gasteiger partial charge in [0.25, 0.3) is 5.91 Å². The monoisotopic (exact) mass is 356 g/mol. The van der Waals surface area contributed by atoms with Gasteiger partial charge in [-0.25, -0.2) is 0 Å². The summed E-state index contributed by atoms with van der Waals surface area (Å²) >= 11 is 0. The van der Waals surface area contributed by atoms with Gasteiger partial charge in [-0.05, 0) is 25.5 Å². The fourth-order valence-corrected chi connectivity index (χ4v) is 3.49. The molecule has 1 fully saturated rings. The lowest BCUT2D eigenvalue weighted by Crippen LogP contribution is -2.40. The standard InChI is InChI=1S/C19H24N4O3/c1-11-4-5-15(12(2)6-11)16-7-17(22-21-16)19(26)23-8-14(10-24)18(9-23)20-13(3)25/h4-7,14,18,24H,8-10H2,1-3H3,(H,20,25)(H,21,22). The Morgan fingerprint density at radius 1 is 1.31 bits per heavy atom. The molecule has 2 unspecified atom stereocenters. The number of carbonyl (C=O) groups excluding carboxylic acids is 2. The molecule has 0 radical (unpaired) electrons. The minimum absolute atomic E-state index is 0.0779. The van der Waals surface area contributed by atoms with Crippen molar-refractivity contribution in [1.82, 2.24) is 20.4 Å². The van der Waals surface area contributed by atoms with Gasteiger partial charge in [-0.15, -0.1) is 0 Å². The van der Waals surface area contributed by atoms with Crippen molar-refractivity contribution < 1.29 is 14.7 Å². The van der Waals surface area contributed by atoms with E-state index < -0.39 is 0 Å². The number of aromatic nitrogens is 2. The molecule has 7 heteroatoms. The first kappa shape index (κ1) is 18.1. The van der Waals surface area contributed by atoms with Gasteiger partial charge in [0.05, 0.1) is 11.7 Å². The second-order valence-electron chi connectivity index (χ2n) is 6.95. The highest BCUT2D eigenvalue weighted by atomic mass is 16.3. The molecule has 1 saturated heterocycles. The zero-order chi connectivity index (χ0) is 18.8. The van der Waals surface area contributed by atoms with Crippen LogP contribution < -0.4 is 5.32 Å². The zero-order valence-corrected chi connectivity index (χ0v) is 15.2. The zero-order valence-electron chi connectivity index (χ0n) is 15.2. The van der Waals surface area contributed by atoms with Gasteiger partial charge in [-0.2, -0.15) is 5.10 Å². The molecule has 0 bridgehead atoms. The quantitative estimate of drug-likeness (QED) is 0.768. The summed E-state index contributed by atoms with van der Waals surface area (Å²) in [5.41, 5.74) is 4.39. The summed E-state index contributed by atoms with van der Waals surface area (Å²) in [6.07, 6.45) is 0. The summed E-state index contributed by atoms with van der Waals surface area (Å²) in [4.78, 5) is 25.7. The van der Waals surface area contributed by atoms with E-state index in [1.165, 1.54) is 12.5 Å². The van der Waals surface area contributed by atoms with Crippen molar-refractivity contribution in [3.8, 4) is 11.3 Å². The first-order valence-electron chi connectivity index (χ1n) is 8.69. The molecule has 138 valence electrons. The van der Waals surface area contributed by atoms with E-state index in [4.69, 9.17) is 0 Å². The largest absolute Gasteiger partial charge is 0.396 e. The van der Waals surface area contributed by atoms with E-state index in [1.807, 2.05) is 26.0 Å². The highest BCUT2D eigenvalue weighted by molar-refractivity contribution is 5.93. The smallest absolute Gasteiger partial charge is 0.271 e. The SMILES string of the molecule is CC(=O)NC1CN(C(=O)c2cc(-c3ccc(C)cc3C)n[nH]2)CC1CO. The fourth-order valence-electron chi connectivity index (χ4n) is 3.49. The molecule has 3 rings (SSSR count). The molecule has 2 atom stereocenters. The van der Waals surface area contributed by atoms with Crippen LogP contribution in [0.15, 0.2) is 24.3 Å². The molecule has 3 N–H and O–H groups in total. The van der Waals surface area contributed by atoms with Crippen molar-refractivity contribution in [2.24, 2.45) is 5.92 Å². The van der Waals surface area contributed by atoms with E-state index in [-0.39, 0.29) is 30.4 Å². The number of aromatic amines is 1. The van der Waals surface area contributed by atoms with E-state index in [1.54, 1.807) is 11.0 Å². The van der Waals surface area contributed by atoms with Gasteiger partial charge >= 0.3 is 0 Å². The Morgan fingerprint density at radius 3 is 2.73 bits per heavy atom. The lowest BCUT2D eigenvalue weighted by atomic mass is 10.0. The molecule has 26 heavy (non-hydrogen) atoms. The lowest BCUT2D eigenvalue weighted by Gasteiger charge is -2.16. The van der Waals surface area contributed by atoms with Gasteiger partial charge in [0, 0.05) is 38.1 Å². The average Bonchev–Trinajstić information content (AvgIpc) is 3.21. The predicted octanol–water partition coefficient (Wildman–Crippen LogP) is 1.26. The molecule has 1 aromatic heterocycles. The molecule has 1 aliphatic heterocycles. The van der Waals surface area contributed by atoms with Crippen LogP contribution in [0.3, 0.4) is 0 Å². The Balaban J connectivity index is 1.77. The number of H-pyrrole nitrogens is 1. The molecule has 2 heterocycles. The van der Waals surface area contributed by atoms with Gasteiger partial charge in [0.2, 0.25) is 5.91 Å². The Morgan fingerprint density at radius 2 is 2.08 bits per heavy atom. The Labute approximate surface area is 152 Å². The maximum Gasteiger partial charge on any atom is 0.271 e. The maximum atomic E-state index is 12.8. The average molecular weight is 356 g/mol. The second kappa shape index (κ2) is 7.29. The number of carbonyl (C=O) groups is 2. The molecule has 0 spiro atoms. The van der Waals surface area contributed by atoms with Crippen LogP contribution in [-0.4, -0.2) is 57.8 Å². The first-order valence-corrected chi connectivity index (χ1v) is 8.69. The van der Waals surface area contributed by atoms with E-state index in [9.17, 15) is 14.7 Å². The summed E-state index contributed by atoms with van der Waals surface area (Å²) in [5, 5.41) is 19.4. The second-order valence-corrected chi connectivity index (χ2v) is 6.95. The number of benzene rings is 1. The highest BCUT2D eigenvalue weighted by Crippen LogP contribution is 2.24. The van der Waals surface area contributed by atoms with E-state index in [0.29, 0.717) is 18.8 Å². The topological polar surface area (TPSA) is 98.3 Å². The molecule has 0 saturated carbocycles. The number of nitrogens with one attached hydrogen (secondary N) is 2. The Bertz CT molecular complexity index is 830. The molecule has 1 aliphatic rings. The van der Waals surface area contributed by atoms with Crippen LogP contribution in [0.25, 0.3) is 11.3 Å². The van der Waals surface area contributed by atoms with Gasteiger partial charge in [-0.3, -0.25) is 14.7 Å². The number of amides is 2. The number of rotatable bonds is 4. The van der Waals surface area contributed by atoms with Gasteiger partial charge < -0.3 is 15.3 Å². The Kier molecular flexibility index (Phi) is 5.08. The van der Waals surface area contributed by atoms with Crippen molar-refractivity contribution >= 4 is 11.8 Å². The third kappa shape index (κ3) is 3.62. The number of aliphatic hydroxyl groups excluding tert-OH is 1. The van der Waals surface area contributed by atoms with Gasteiger partial charge in [0.15, 0.2) is 0 Å². The molecule has 7 nitrogen and oxygen atoms in total.